The van der Waals surface area contributed by atoms with E-state index in [0.717, 1.165) is 23.4 Å². The number of halogens is 1. The standard InChI is InChI=1S/C18H19FN2O4S/c1-11(16-9-12-5-3-4-6-15(12)25-16)21(2)18(22)13-7-8-14(19)17(10-13)26(20,23)24/h3-8,10-11,16H,9H2,1-2H3,(H2,20,23,24). The van der Waals surface area contributed by atoms with E-state index in [-0.39, 0.29) is 17.7 Å². The van der Waals surface area contributed by atoms with E-state index < -0.39 is 26.6 Å². The lowest BCUT2D eigenvalue weighted by atomic mass is 10.0. The van der Waals surface area contributed by atoms with Gasteiger partial charge in [0.2, 0.25) is 10.0 Å². The first-order chi connectivity index (χ1) is 12.2. The SMILES string of the molecule is CC(C1Cc2ccccc2O1)N(C)C(=O)c1ccc(F)c(S(N)(=O)=O)c1. The van der Waals surface area contributed by atoms with Gasteiger partial charge in [-0.05, 0) is 36.8 Å². The van der Waals surface area contributed by atoms with Gasteiger partial charge in [-0.2, -0.15) is 0 Å². The number of para-hydroxylation sites is 1. The molecule has 0 fully saturated rings. The largest absolute Gasteiger partial charge is 0.488 e. The van der Waals surface area contributed by atoms with Crippen molar-refractivity contribution >= 4 is 15.9 Å². The first-order valence-corrected chi connectivity index (χ1v) is 9.57. The van der Waals surface area contributed by atoms with Crippen LogP contribution in [0.4, 0.5) is 4.39 Å². The molecule has 0 saturated carbocycles. The number of amides is 1. The van der Waals surface area contributed by atoms with E-state index in [1.165, 1.54) is 11.0 Å². The summed E-state index contributed by atoms with van der Waals surface area (Å²) >= 11 is 0. The molecule has 0 aliphatic carbocycles. The van der Waals surface area contributed by atoms with Crippen molar-refractivity contribution in [2.75, 3.05) is 7.05 Å². The van der Waals surface area contributed by atoms with Gasteiger partial charge in [-0.25, -0.2) is 17.9 Å². The van der Waals surface area contributed by atoms with Gasteiger partial charge >= 0.3 is 0 Å². The molecule has 26 heavy (non-hydrogen) atoms. The Labute approximate surface area is 151 Å². The summed E-state index contributed by atoms with van der Waals surface area (Å²) in [4.78, 5) is 13.5. The number of rotatable bonds is 4. The maximum Gasteiger partial charge on any atom is 0.254 e. The summed E-state index contributed by atoms with van der Waals surface area (Å²) in [7, 11) is -2.66. The lowest BCUT2D eigenvalue weighted by Gasteiger charge is -2.29. The van der Waals surface area contributed by atoms with E-state index in [0.29, 0.717) is 6.42 Å². The van der Waals surface area contributed by atoms with Crippen LogP contribution in [0.3, 0.4) is 0 Å². The molecular weight excluding hydrogens is 359 g/mol. The summed E-state index contributed by atoms with van der Waals surface area (Å²) < 4.78 is 42.5. The van der Waals surface area contributed by atoms with E-state index in [9.17, 15) is 17.6 Å². The summed E-state index contributed by atoms with van der Waals surface area (Å²) in [6.07, 6.45) is 0.445. The molecule has 0 aromatic heterocycles. The molecule has 1 heterocycles. The van der Waals surface area contributed by atoms with Crippen molar-refractivity contribution in [2.24, 2.45) is 5.14 Å². The quantitative estimate of drug-likeness (QED) is 0.880. The van der Waals surface area contributed by atoms with Crippen molar-refractivity contribution in [1.29, 1.82) is 0 Å². The second-order valence-corrected chi connectivity index (χ2v) is 7.84. The number of carbonyl (C=O) groups excluding carboxylic acids is 1. The predicted molar refractivity (Wildman–Crippen MR) is 93.9 cm³/mol. The van der Waals surface area contributed by atoms with E-state index in [1.807, 2.05) is 31.2 Å². The van der Waals surface area contributed by atoms with Crippen molar-refractivity contribution in [2.45, 2.75) is 30.4 Å². The van der Waals surface area contributed by atoms with Crippen LogP contribution in [0.15, 0.2) is 47.4 Å². The molecule has 6 nitrogen and oxygen atoms in total. The fourth-order valence-corrected chi connectivity index (χ4v) is 3.60. The Morgan fingerprint density at radius 2 is 2.00 bits per heavy atom. The Kier molecular flexibility index (Phi) is 4.72. The van der Waals surface area contributed by atoms with Gasteiger partial charge < -0.3 is 9.64 Å². The molecule has 0 saturated heterocycles. The molecule has 2 unspecified atom stereocenters. The molecule has 2 aromatic rings. The van der Waals surface area contributed by atoms with E-state index in [1.54, 1.807) is 7.05 Å². The molecule has 1 aliphatic rings. The first kappa shape index (κ1) is 18.3. The zero-order valence-corrected chi connectivity index (χ0v) is 15.2. The Hall–Kier alpha value is -2.45. The third-order valence-electron chi connectivity index (χ3n) is 4.63. The first-order valence-electron chi connectivity index (χ1n) is 8.02. The van der Waals surface area contributed by atoms with Crippen LogP contribution in [0.2, 0.25) is 0 Å². The van der Waals surface area contributed by atoms with Crippen LogP contribution in [-0.2, 0) is 16.4 Å². The van der Waals surface area contributed by atoms with Crippen molar-refractivity contribution < 1.29 is 22.3 Å². The summed E-state index contributed by atoms with van der Waals surface area (Å²) in [5, 5.41) is 5.00. The van der Waals surface area contributed by atoms with Gasteiger partial charge in [-0.3, -0.25) is 4.79 Å². The summed E-state index contributed by atoms with van der Waals surface area (Å²) in [6, 6.07) is 10.5. The van der Waals surface area contributed by atoms with Crippen LogP contribution in [-0.4, -0.2) is 38.4 Å². The van der Waals surface area contributed by atoms with Crippen LogP contribution >= 0.6 is 0 Å². The van der Waals surface area contributed by atoms with Crippen LogP contribution < -0.4 is 9.88 Å². The minimum Gasteiger partial charge on any atom is -0.488 e. The van der Waals surface area contributed by atoms with Crippen LogP contribution in [0, 0.1) is 5.82 Å². The maximum atomic E-state index is 13.7. The highest BCUT2D eigenvalue weighted by molar-refractivity contribution is 7.89. The molecule has 2 aromatic carbocycles. The van der Waals surface area contributed by atoms with Gasteiger partial charge in [0.05, 0.1) is 6.04 Å². The van der Waals surface area contributed by atoms with Gasteiger partial charge in [0.15, 0.2) is 0 Å². The number of nitrogens with zero attached hydrogens (tertiary/aromatic N) is 1. The zero-order chi connectivity index (χ0) is 19.1. The number of hydrogen-bond donors (Lipinski definition) is 1. The minimum absolute atomic E-state index is 0.0419. The third-order valence-corrected chi connectivity index (χ3v) is 5.55. The minimum atomic E-state index is -4.26. The molecule has 0 radical (unpaired) electrons. The second-order valence-electron chi connectivity index (χ2n) is 6.32. The predicted octanol–water partition coefficient (Wildman–Crippen LogP) is 1.94. The Bertz CT molecular complexity index is 936. The highest BCUT2D eigenvalue weighted by atomic mass is 32.2. The van der Waals surface area contributed by atoms with Gasteiger partial charge in [0, 0.05) is 19.0 Å². The monoisotopic (exact) mass is 378 g/mol. The number of benzene rings is 2. The van der Waals surface area contributed by atoms with Crippen molar-refractivity contribution in [1.82, 2.24) is 4.90 Å². The number of sulfonamides is 1. The maximum absolute atomic E-state index is 13.7. The van der Waals surface area contributed by atoms with Gasteiger partial charge in [0.25, 0.3) is 5.91 Å². The van der Waals surface area contributed by atoms with Crippen LogP contribution in [0.25, 0.3) is 0 Å². The molecule has 138 valence electrons. The summed E-state index contributed by atoms with van der Waals surface area (Å²) in [5.74, 6) is -0.639. The van der Waals surface area contributed by atoms with Crippen molar-refractivity contribution in [3.8, 4) is 5.75 Å². The number of nitrogens with two attached hydrogens (primary N) is 1. The highest BCUT2D eigenvalue weighted by Crippen LogP contribution is 2.31. The lowest BCUT2D eigenvalue weighted by molar-refractivity contribution is 0.0598. The molecule has 3 rings (SSSR count). The van der Waals surface area contributed by atoms with E-state index in [2.05, 4.69) is 0 Å². The molecule has 1 amide bonds. The Morgan fingerprint density at radius 3 is 2.65 bits per heavy atom. The molecular formula is C18H19FN2O4S. The second kappa shape index (κ2) is 6.69. The zero-order valence-electron chi connectivity index (χ0n) is 14.3. The number of ether oxygens (including phenoxy) is 1. The van der Waals surface area contributed by atoms with Crippen molar-refractivity contribution in [3.63, 3.8) is 0 Å². The number of fused-ring (bicyclic) bond motifs is 1. The molecule has 0 spiro atoms. The van der Waals surface area contributed by atoms with Crippen LogP contribution in [0.5, 0.6) is 5.75 Å². The summed E-state index contributed by atoms with van der Waals surface area (Å²) in [6.45, 7) is 1.85. The molecule has 0 bridgehead atoms. The summed E-state index contributed by atoms with van der Waals surface area (Å²) in [5.41, 5.74) is 1.11. The molecule has 2 atom stereocenters. The van der Waals surface area contributed by atoms with Crippen LogP contribution in [0.1, 0.15) is 22.8 Å². The Morgan fingerprint density at radius 1 is 1.31 bits per heavy atom. The number of primary sulfonamides is 1. The smallest absolute Gasteiger partial charge is 0.254 e. The number of carbonyl (C=O) groups is 1. The number of likely N-dealkylation sites (N-methyl/N-ethyl adjacent to an activating group) is 1. The van der Waals surface area contributed by atoms with Gasteiger partial charge in [-0.1, -0.05) is 18.2 Å². The topological polar surface area (TPSA) is 89.7 Å². The average Bonchev–Trinajstić information content (AvgIpc) is 3.03. The normalized spacial score (nSPS) is 17.3. The highest BCUT2D eigenvalue weighted by Gasteiger charge is 2.32. The third kappa shape index (κ3) is 3.42. The van der Waals surface area contributed by atoms with Crippen molar-refractivity contribution in [3.05, 3.63) is 59.4 Å². The lowest BCUT2D eigenvalue weighted by Crippen LogP contribution is -2.44. The molecule has 2 N–H and O–H groups in total. The van der Waals surface area contributed by atoms with E-state index >= 15 is 0 Å². The fraction of sp³-hybridized carbons (Fsp3) is 0.278. The van der Waals surface area contributed by atoms with Gasteiger partial charge in [0.1, 0.15) is 22.6 Å². The van der Waals surface area contributed by atoms with E-state index in [4.69, 9.17) is 9.88 Å². The number of hydrogen-bond acceptors (Lipinski definition) is 4. The molecule has 1 aliphatic heterocycles. The Balaban J connectivity index is 1.80. The average molecular weight is 378 g/mol. The van der Waals surface area contributed by atoms with Gasteiger partial charge in [-0.15, -0.1) is 0 Å². The molecule has 8 heteroatoms. The fourth-order valence-electron chi connectivity index (χ4n) is 2.97.